The Hall–Kier alpha value is -2.76. The summed E-state index contributed by atoms with van der Waals surface area (Å²) in [7, 11) is 0. The van der Waals surface area contributed by atoms with Crippen LogP contribution in [0.2, 0.25) is 0 Å². The van der Waals surface area contributed by atoms with Gasteiger partial charge in [0.25, 0.3) is 5.91 Å². The van der Waals surface area contributed by atoms with Crippen molar-refractivity contribution < 1.29 is 14.3 Å². The van der Waals surface area contributed by atoms with Gasteiger partial charge in [0.1, 0.15) is 5.82 Å². The van der Waals surface area contributed by atoms with Crippen molar-refractivity contribution in [1.29, 1.82) is 0 Å². The number of hydrogen-bond donors (Lipinski definition) is 2. The summed E-state index contributed by atoms with van der Waals surface area (Å²) in [6, 6.07) is 8.98. The number of aromatic nitrogens is 1. The van der Waals surface area contributed by atoms with Gasteiger partial charge in [0.05, 0.1) is 5.56 Å². The van der Waals surface area contributed by atoms with Crippen molar-refractivity contribution in [2.45, 2.75) is 6.54 Å². The highest BCUT2D eigenvalue weighted by molar-refractivity contribution is 5.97. The first kappa shape index (κ1) is 12.3. The Balaban J connectivity index is 1.75. The molecule has 1 aliphatic rings. The van der Waals surface area contributed by atoms with E-state index in [0.717, 1.165) is 17.1 Å². The van der Waals surface area contributed by atoms with Gasteiger partial charge < -0.3 is 20.5 Å². The number of nitrogens with two attached hydrogens (primary N) is 1. The molecule has 0 bridgehead atoms. The van der Waals surface area contributed by atoms with Gasteiger partial charge in [-0.2, -0.15) is 0 Å². The van der Waals surface area contributed by atoms with Gasteiger partial charge in [-0.1, -0.05) is 6.07 Å². The summed E-state index contributed by atoms with van der Waals surface area (Å²) in [5.74, 6) is 1.42. The quantitative estimate of drug-likeness (QED) is 0.880. The van der Waals surface area contributed by atoms with Gasteiger partial charge in [-0.25, -0.2) is 4.98 Å². The molecule has 3 N–H and O–H groups in total. The van der Waals surface area contributed by atoms with Gasteiger partial charge in [-0.05, 0) is 29.8 Å². The van der Waals surface area contributed by atoms with Crippen LogP contribution in [0.3, 0.4) is 0 Å². The van der Waals surface area contributed by atoms with E-state index in [1.807, 2.05) is 18.2 Å². The highest BCUT2D eigenvalue weighted by Gasteiger charge is 2.13. The van der Waals surface area contributed by atoms with Crippen LogP contribution in [0.1, 0.15) is 15.9 Å². The molecule has 0 saturated heterocycles. The number of nitrogens with zero attached hydrogens (tertiary/aromatic N) is 1. The number of nitrogens with one attached hydrogen (secondary N) is 1. The predicted octanol–water partition coefficient (Wildman–Crippen LogP) is 1.52. The number of pyridine rings is 1. The summed E-state index contributed by atoms with van der Waals surface area (Å²) < 4.78 is 10.6. The molecule has 0 unspecified atom stereocenters. The number of carbonyl (C=O) groups excluding carboxylic acids is 1. The molecule has 0 aliphatic carbocycles. The topological polar surface area (TPSA) is 86.5 Å². The molecule has 20 heavy (non-hydrogen) atoms. The van der Waals surface area contributed by atoms with Crippen molar-refractivity contribution in [3.63, 3.8) is 0 Å². The summed E-state index contributed by atoms with van der Waals surface area (Å²) in [6.07, 6.45) is 1.61. The Labute approximate surface area is 115 Å². The highest BCUT2D eigenvalue weighted by atomic mass is 16.7. The summed E-state index contributed by atoms with van der Waals surface area (Å²) in [5, 5.41) is 3.09. The third-order valence-electron chi connectivity index (χ3n) is 2.97. The van der Waals surface area contributed by atoms with Crippen LogP contribution in [0.5, 0.6) is 11.5 Å². The van der Waals surface area contributed by atoms with Gasteiger partial charge >= 0.3 is 0 Å². The van der Waals surface area contributed by atoms with E-state index in [4.69, 9.17) is 15.2 Å². The Bertz CT molecular complexity index is 658. The molecule has 0 radical (unpaired) electrons. The zero-order valence-corrected chi connectivity index (χ0v) is 10.6. The van der Waals surface area contributed by atoms with E-state index < -0.39 is 5.91 Å². The van der Waals surface area contributed by atoms with E-state index in [-0.39, 0.29) is 6.79 Å². The Morgan fingerprint density at radius 1 is 1.30 bits per heavy atom. The number of ether oxygens (including phenoxy) is 2. The van der Waals surface area contributed by atoms with Crippen molar-refractivity contribution in [2.24, 2.45) is 5.73 Å². The van der Waals surface area contributed by atoms with Crippen LogP contribution in [-0.2, 0) is 6.54 Å². The normalized spacial score (nSPS) is 12.2. The summed E-state index contributed by atoms with van der Waals surface area (Å²) in [5.41, 5.74) is 6.67. The highest BCUT2D eigenvalue weighted by Crippen LogP contribution is 2.32. The van der Waals surface area contributed by atoms with Crippen LogP contribution in [-0.4, -0.2) is 17.7 Å². The summed E-state index contributed by atoms with van der Waals surface area (Å²) in [6.45, 7) is 0.756. The third-order valence-corrected chi connectivity index (χ3v) is 2.97. The molecule has 1 aromatic carbocycles. The van der Waals surface area contributed by atoms with E-state index in [2.05, 4.69) is 10.3 Å². The summed E-state index contributed by atoms with van der Waals surface area (Å²) >= 11 is 0. The third kappa shape index (κ3) is 2.35. The lowest BCUT2D eigenvalue weighted by Crippen LogP contribution is -2.15. The van der Waals surface area contributed by atoms with E-state index >= 15 is 0 Å². The maximum Gasteiger partial charge on any atom is 0.252 e. The fourth-order valence-corrected chi connectivity index (χ4v) is 1.98. The number of amides is 1. The second-order valence-electron chi connectivity index (χ2n) is 4.30. The number of benzene rings is 1. The van der Waals surface area contributed by atoms with Gasteiger partial charge in [0, 0.05) is 12.7 Å². The van der Waals surface area contributed by atoms with Crippen LogP contribution >= 0.6 is 0 Å². The maximum absolute atomic E-state index is 11.3. The Kier molecular flexibility index (Phi) is 3.12. The first-order chi connectivity index (χ1) is 9.74. The van der Waals surface area contributed by atoms with Gasteiger partial charge in [-0.15, -0.1) is 0 Å². The minimum Gasteiger partial charge on any atom is -0.454 e. The molecular formula is C14H13N3O3. The number of rotatable bonds is 4. The van der Waals surface area contributed by atoms with Crippen LogP contribution in [0.25, 0.3) is 0 Å². The van der Waals surface area contributed by atoms with Crippen molar-refractivity contribution in [3.8, 4) is 11.5 Å². The van der Waals surface area contributed by atoms with Crippen molar-refractivity contribution in [2.75, 3.05) is 12.1 Å². The first-order valence-corrected chi connectivity index (χ1v) is 6.11. The molecule has 2 aromatic rings. The number of hydrogen-bond acceptors (Lipinski definition) is 5. The lowest BCUT2D eigenvalue weighted by atomic mass is 10.2. The van der Waals surface area contributed by atoms with Crippen molar-refractivity contribution >= 4 is 11.7 Å². The molecule has 6 heteroatoms. The lowest BCUT2D eigenvalue weighted by molar-refractivity contribution is 0.100. The number of anilines is 1. The molecule has 1 aliphatic heterocycles. The van der Waals surface area contributed by atoms with E-state index in [1.54, 1.807) is 18.3 Å². The van der Waals surface area contributed by atoms with E-state index in [9.17, 15) is 4.79 Å². The average Bonchev–Trinajstić information content (AvgIpc) is 2.92. The summed E-state index contributed by atoms with van der Waals surface area (Å²) in [4.78, 5) is 15.4. The number of fused-ring (bicyclic) bond motifs is 1. The zero-order valence-electron chi connectivity index (χ0n) is 10.6. The minimum absolute atomic E-state index is 0.248. The number of primary amides is 1. The van der Waals surface area contributed by atoms with Crippen LogP contribution in [0.15, 0.2) is 36.5 Å². The zero-order chi connectivity index (χ0) is 13.9. The smallest absolute Gasteiger partial charge is 0.252 e. The second-order valence-corrected chi connectivity index (χ2v) is 4.30. The van der Waals surface area contributed by atoms with Crippen LogP contribution in [0.4, 0.5) is 5.82 Å². The predicted molar refractivity (Wildman–Crippen MR) is 72.6 cm³/mol. The first-order valence-electron chi connectivity index (χ1n) is 6.11. The van der Waals surface area contributed by atoms with E-state index in [0.29, 0.717) is 17.9 Å². The molecule has 1 aromatic heterocycles. The van der Waals surface area contributed by atoms with E-state index in [1.165, 1.54) is 0 Å². The average molecular weight is 271 g/mol. The van der Waals surface area contributed by atoms with Gasteiger partial charge in [0.15, 0.2) is 11.5 Å². The molecular weight excluding hydrogens is 258 g/mol. The van der Waals surface area contributed by atoms with Crippen molar-refractivity contribution in [3.05, 3.63) is 47.7 Å². The standard InChI is InChI=1S/C14H13N3O3/c15-13(18)10-2-1-5-16-14(10)17-7-9-3-4-11-12(6-9)20-8-19-11/h1-6H,7-8H2,(H2,15,18)(H,16,17). The Morgan fingerprint density at radius 3 is 3.00 bits per heavy atom. The van der Waals surface area contributed by atoms with Crippen LogP contribution < -0.4 is 20.5 Å². The van der Waals surface area contributed by atoms with Crippen LogP contribution in [0, 0.1) is 0 Å². The monoisotopic (exact) mass is 271 g/mol. The largest absolute Gasteiger partial charge is 0.454 e. The lowest BCUT2D eigenvalue weighted by Gasteiger charge is -2.09. The molecule has 3 rings (SSSR count). The SMILES string of the molecule is NC(=O)c1cccnc1NCc1ccc2c(c1)OCO2. The molecule has 0 spiro atoms. The van der Waals surface area contributed by atoms with Crippen molar-refractivity contribution in [1.82, 2.24) is 4.98 Å². The second kappa shape index (κ2) is 5.08. The fraction of sp³-hybridized carbons (Fsp3) is 0.143. The molecule has 2 heterocycles. The molecule has 0 fully saturated rings. The minimum atomic E-state index is -0.508. The molecule has 102 valence electrons. The van der Waals surface area contributed by atoms with Gasteiger partial charge in [-0.3, -0.25) is 4.79 Å². The molecule has 1 amide bonds. The molecule has 6 nitrogen and oxygen atoms in total. The van der Waals surface area contributed by atoms with Gasteiger partial charge in [0.2, 0.25) is 6.79 Å². The molecule has 0 atom stereocenters. The fourth-order valence-electron chi connectivity index (χ4n) is 1.98. The Morgan fingerprint density at radius 2 is 2.15 bits per heavy atom. The maximum atomic E-state index is 11.3. The number of carbonyl (C=O) groups is 1. The molecule has 0 saturated carbocycles.